The molecule has 1 unspecified atom stereocenters. The molecule has 0 spiro atoms. The van der Waals surface area contributed by atoms with Crippen molar-refractivity contribution >= 4 is 11.8 Å². The molecule has 0 fully saturated rings. The third-order valence-electron chi connectivity index (χ3n) is 2.70. The second kappa shape index (κ2) is 5.63. The van der Waals surface area contributed by atoms with E-state index in [9.17, 15) is 4.79 Å². The number of nitrogens with zero attached hydrogens (tertiary/aromatic N) is 2. The van der Waals surface area contributed by atoms with Gasteiger partial charge in [0.05, 0.1) is 18.2 Å². The van der Waals surface area contributed by atoms with Gasteiger partial charge in [-0.3, -0.25) is 0 Å². The van der Waals surface area contributed by atoms with E-state index in [1.54, 1.807) is 13.2 Å². The van der Waals surface area contributed by atoms with Crippen molar-refractivity contribution in [2.75, 3.05) is 25.7 Å². The van der Waals surface area contributed by atoms with E-state index in [2.05, 4.69) is 4.98 Å². The summed E-state index contributed by atoms with van der Waals surface area (Å²) in [7, 11) is 3.57. The molecule has 0 bridgehead atoms. The molecule has 0 aliphatic carbocycles. The normalized spacial score (nSPS) is 12.2. The van der Waals surface area contributed by atoms with Crippen molar-refractivity contribution in [1.29, 1.82) is 0 Å². The van der Waals surface area contributed by atoms with Crippen molar-refractivity contribution in [1.82, 2.24) is 4.98 Å². The maximum Gasteiger partial charge on any atom is 0.337 e. The lowest BCUT2D eigenvalue weighted by atomic mass is 10.2. The summed E-state index contributed by atoms with van der Waals surface area (Å²) in [6, 6.07) is 1.81. The molecule has 1 heterocycles. The highest BCUT2D eigenvalue weighted by Gasteiger charge is 2.14. The van der Waals surface area contributed by atoms with Crippen LogP contribution < -0.4 is 4.90 Å². The molecule has 0 aliphatic rings. The predicted molar refractivity (Wildman–Crippen MR) is 65.7 cm³/mol. The van der Waals surface area contributed by atoms with Crippen LogP contribution in [0.4, 0.5) is 5.82 Å². The molecule has 5 heteroatoms. The van der Waals surface area contributed by atoms with Crippen LogP contribution in [0.25, 0.3) is 0 Å². The van der Waals surface area contributed by atoms with Gasteiger partial charge in [0.15, 0.2) is 0 Å². The van der Waals surface area contributed by atoms with Crippen LogP contribution in [0.1, 0.15) is 22.8 Å². The zero-order valence-corrected chi connectivity index (χ0v) is 10.6. The number of aromatic nitrogens is 1. The Labute approximate surface area is 101 Å². The van der Waals surface area contributed by atoms with Crippen molar-refractivity contribution in [2.24, 2.45) is 0 Å². The van der Waals surface area contributed by atoms with E-state index in [0.717, 1.165) is 11.4 Å². The number of likely N-dealkylation sites (N-methyl/N-ethyl adjacent to an activating group) is 1. The van der Waals surface area contributed by atoms with Gasteiger partial charge in [-0.05, 0) is 25.5 Å². The first-order chi connectivity index (χ1) is 7.97. The molecule has 1 atom stereocenters. The third-order valence-corrected chi connectivity index (χ3v) is 2.70. The molecule has 17 heavy (non-hydrogen) atoms. The second-order valence-electron chi connectivity index (χ2n) is 4.08. The number of ether oxygens (including phenoxy) is 1. The van der Waals surface area contributed by atoms with E-state index in [1.165, 1.54) is 6.20 Å². The lowest BCUT2D eigenvalue weighted by Gasteiger charge is -2.26. The van der Waals surface area contributed by atoms with Crippen LogP contribution in [-0.4, -0.2) is 42.9 Å². The fourth-order valence-corrected chi connectivity index (χ4v) is 1.62. The zero-order valence-electron chi connectivity index (χ0n) is 10.6. The highest BCUT2D eigenvalue weighted by atomic mass is 16.5. The van der Waals surface area contributed by atoms with Gasteiger partial charge in [0.1, 0.15) is 5.82 Å². The number of methoxy groups -OCH3 is 1. The molecular weight excluding hydrogens is 220 g/mol. The van der Waals surface area contributed by atoms with Gasteiger partial charge in [-0.1, -0.05) is 0 Å². The molecular formula is C12H18N2O3. The first-order valence-corrected chi connectivity index (χ1v) is 5.39. The average Bonchev–Trinajstić information content (AvgIpc) is 2.28. The summed E-state index contributed by atoms with van der Waals surface area (Å²) in [4.78, 5) is 17.0. The Morgan fingerprint density at radius 2 is 2.29 bits per heavy atom. The minimum Gasteiger partial charge on any atom is -0.478 e. The van der Waals surface area contributed by atoms with Crippen LogP contribution in [-0.2, 0) is 4.74 Å². The molecule has 5 nitrogen and oxygen atoms in total. The van der Waals surface area contributed by atoms with Gasteiger partial charge >= 0.3 is 5.97 Å². The summed E-state index contributed by atoms with van der Waals surface area (Å²) in [5, 5.41) is 8.86. The van der Waals surface area contributed by atoms with Gasteiger partial charge in [-0.2, -0.15) is 0 Å². The summed E-state index contributed by atoms with van der Waals surface area (Å²) >= 11 is 0. The van der Waals surface area contributed by atoms with Gasteiger partial charge in [0.2, 0.25) is 0 Å². The van der Waals surface area contributed by atoms with E-state index in [-0.39, 0.29) is 11.6 Å². The van der Waals surface area contributed by atoms with E-state index >= 15 is 0 Å². The minimum atomic E-state index is -0.959. The van der Waals surface area contributed by atoms with Gasteiger partial charge in [0, 0.05) is 20.4 Å². The highest BCUT2D eigenvalue weighted by Crippen LogP contribution is 2.18. The smallest absolute Gasteiger partial charge is 0.337 e. The molecule has 94 valence electrons. The van der Waals surface area contributed by atoms with Crippen molar-refractivity contribution in [3.8, 4) is 0 Å². The Kier molecular flexibility index (Phi) is 4.45. The first-order valence-electron chi connectivity index (χ1n) is 5.39. The van der Waals surface area contributed by atoms with Crippen LogP contribution in [0.5, 0.6) is 0 Å². The molecule has 0 saturated heterocycles. The van der Waals surface area contributed by atoms with Gasteiger partial charge in [-0.25, -0.2) is 9.78 Å². The zero-order chi connectivity index (χ0) is 13.0. The summed E-state index contributed by atoms with van der Waals surface area (Å²) in [5.74, 6) is -0.181. The van der Waals surface area contributed by atoms with E-state index < -0.39 is 5.97 Å². The fourth-order valence-electron chi connectivity index (χ4n) is 1.62. The summed E-state index contributed by atoms with van der Waals surface area (Å²) in [6.07, 6.45) is 1.38. The molecule has 1 aromatic heterocycles. The Bertz CT molecular complexity index is 407. The number of rotatable bonds is 5. The molecule has 0 radical (unpaired) electrons. The lowest BCUT2D eigenvalue weighted by Crippen LogP contribution is -2.33. The van der Waals surface area contributed by atoms with Gasteiger partial charge in [0.25, 0.3) is 0 Å². The van der Waals surface area contributed by atoms with E-state index in [4.69, 9.17) is 9.84 Å². The van der Waals surface area contributed by atoms with Crippen molar-refractivity contribution in [3.63, 3.8) is 0 Å². The largest absolute Gasteiger partial charge is 0.478 e. The van der Waals surface area contributed by atoms with E-state index in [0.29, 0.717) is 6.61 Å². The number of carboxylic acid groups (broad SMARTS) is 1. The molecule has 1 rings (SSSR count). The molecule has 0 saturated carbocycles. The quantitative estimate of drug-likeness (QED) is 0.843. The van der Waals surface area contributed by atoms with E-state index in [1.807, 2.05) is 25.8 Å². The van der Waals surface area contributed by atoms with Crippen molar-refractivity contribution in [3.05, 3.63) is 23.4 Å². The van der Waals surface area contributed by atoms with Crippen molar-refractivity contribution < 1.29 is 14.6 Å². The number of aryl methyl sites for hydroxylation is 1. The monoisotopic (exact) mass is 238 g/mol. The fraction of sp³-hybridized carbons (Fsp3) is 0.500. The number of anilines is 1. The number of aromatic carboxylic acids is 1. The van der Waals surface area contributed by atoms with Gasteiger partial charge < -0.3 is 14.7 Å². The average molecular weight is 238 g/mol. The third kappa shape index (κ3) is 3.17. The van der Waals surface area contributed by atoms with Crippen LogP contribution in [0, 0.1) is 6.92 Å². The molecule has 0 amide bonds. The second-order valence-corrected chi connectivity index (χ2v) is 4.08. The van der Waals surface area contributed by atoms with Crippen LogP contribution in [0.3, 0.4) is 0 Å². The number of carbonyl (C=O) groups is 1. The maximum absolute atomic E-state index is 10.8. The molecule has 1 N–H and O–H groups in total. The molecule has 0 aromatic carbocycles. The predicted octanol–water partition coefficient (Wildman–Crippen LogP) is 1.56. The lowest BCUT2D eigenvalue weighted by molar-refractivity contribution is 0.0696. The standard InChI is InChI=1S/C12H18N2O3/c1-8-5-10(12(15)16)6-13-11(8)14(3)9(2)7-17-4/h5-6,9H,7H2,1-4H3,(H,15,16). The van der Waals surface area contributed by atoms with Crippen molar-refractivity contribution in [2.45, 2.75) is 19.9 Å². The Balaban J connectivity index is 2.95. The minimum absolute atomic E-state index is 0.182. The van der Waals surface area contributed by atoms with Crippen LogP contribution in [0.15, 0.2) is 12.3 Å². The highest BCUT2D eigenvalue weighted by molar-refractivity contribution is 5.87. The Morgan fingerprint density at radius 3 is 2.76 bits per heavy atom. The molecule has 1 aromatic rings. The number of hydrogen-bond acceptors (Lipinski definition) is 4. The number of hydrogen-bond donors (Lipinski definition) is 1. The SMILES string of the molecule is COCC(C)N(C)c1ncc(C(=O)O)cc1C. The summed E-state index contributed by atoms with van der Waals surface area (Å²) in [5.41, 5.74) is 1.05. The van der Waals surface area contributed by atoms with Crippen LogP contribution >= 0.6 is 0 Å². The van der Waals surface area contributed by atoms with Gasteiger partial charge in [-0.15, -0.1) is 0 Å². The topological polar surface area (TPSA) is 62.7 Å². The molecule has 0 aliphatic heterocycles. The maximum atomic E-state index is 10.8. The summed E-state index contributed by atoms with van der Waals surface area (Å²) < 4.78 is 5.08. The van der Waals surface area contributed by atoms with Crippen LogP contribution in [0.2, 0.25) is 0 Å². The first kappa shape index (κ1) is 13.4. The Morgan fingerprint density at radius 1 is 1.65 bits per heavy atom. The number of pyridine rings is 1. The Hall–Kier alpha value is -1.62. The number of carboxylic acids is 1. The summed E-state index contributed by atoms with van der Waals surface area (Å²) in [6.45, 7) is 4.47.